The van der Waals surface area contributed by atoms with Gasteiger partial charge in [-0.1, -0.05) is 140 Å². The molecule has 0 bridgehead atoms. The molecule has 0 fully saturated rings. The Balaban J connectivity index is 1.32. The van der Waals surface area contributed by atoms with Gasteiger partial charge in [-0.25, -0.2) is 0 Å². The first-order chi connectivity index (χ1) is 21.3. The van der Waals surface area contributed by atoms with E-state index in [9.17, 15) is 0 Å². The maximum Gasteiger partial charge on any atom is 0.0361 e. The number of fused-ring (bicyclic) bond motifs is 7. The van der Waals surface area contributed by atoms with Gasteiger partial charge in [0.05, 0.1) is 0 Å². The van der Waals surface area contributed by atoms with Gasteiger partial charge in [-0.2, -0.15) is 0 Å². The van der Waals surface area contributed by atoms with Crippen molar-refractivity contribution in [2.24, 2.45) is 0 Å². The zero-order valence-electron chi connectivity index (χ0n) is 23.4. The van der Waals surface area contributed by atoms with Gasteiger partial charge in [0.1, 0.15) is 0 Å². The van der Waals surface area contributed by atoms with Crippen molar-refractivity contribution in [2.75, 3.05) is 0 Å². The molecule has 1 heteroatoms. The Kier molecular flexibility index (Phi) is 5.47. The lowest BCUT2D eigenvalue weighted by atomic mass is 9.85. The summed E-state index contributed by atoms with van der Waals surface area (Å²) in [6.07, 6.45) is 0. The molecule has 0 amide bonds. The predicted molar refractivity (Wildman–Crippen MR) is 188 cm³/mol. The van der Waals surface area contributed by atoms with Gasteiger partial charge in [0, 0.05) is 20.2 Å². The maximum absolute atomic E-state index is 2.42. The Morgan fingerprint density at radius 1 is 0.302 bits per heavy atom. The van der Waals surface area contributed by atoms with Gasteiger partial charge in [0.2, 0.25) is 0 Å². The zero-order valence-corrected chi connectivity index (χ0v) is 24.2. The van der Waals surface area contributed by atoms with Crippen molar-refractivity contribution in [2.45, 2.75) is 0 Å². The Labute approximate surface area is 254 Å². The Morgan fingerprint density at radius 3 is 1.56 bits per heavy atom. The smallest absolute Gasteiger partial charge is 0.0361 e. The van der Waals surface area contributed by atoms with Gasteiger partial charge in [0.25, 0.3) is 0 Å². The van der Waals surface area contributed by atoms with E-state index in [0.717, 1.165) is 0 Å². The largest absolute Gasteiger partial charge is 0.135 e. The zero-order chi connectivity index (χ0) is 28.3. The van der Waals surface area contributed by atoms with Crippen LogP contribution in [0.4, 0.5) is 0 Å². The first kappa shape index (κ1) is 24.4. The molecule has 43 heavy (non-hydrogen) atoms. The number of thiophene rings is 1. The molecule has 0 nitrogen and oxygen atoms in total. The molecule has 9 rings (SSSR count). The van der Waals surface area contributed by atoms with Crippen LogP contribution >= 0.6 is 11.3 Å². The predicted octanol–water partition coefficient (Wildman–Crippen LogP) is 12.5. The van der Waals surface area contributed by atoms with Crippen LogP contribution < -0.4 is 0 Å². The summed E-state index contributed by atoms with van der Waals surface area (Å²) in [6.45, 7) is 0. The van der Waals surface area contributed by atoms with E-state index >= 15 is 0 Å². The third-order valence-electron chi connectivity index (χ3n) is 8.84. The van der Waals surface area contributed by atoms with E-state index in [1.165, 1.54) is 85.9 Å². The van der Waals surface area contributed by atoms with Crippen LogP contribution in [0, 0.1) is 0 Å². The van der Waals surface area contributed by atoms with Crippen LogP contribution in [0.5, 0.6) is 0 Å². The molecule has 0 unspecified atom stereocenters. The molecule has 200 valence electrons. The average Bonchev–Trinajstić information content (AvgIpc) is 3.46. The highest BCUT2D eigenvalue weighted by atomic mass is 32.1. The molecule has 0 aliphatic carbocycles. The van der Waals surface area contributed by atoms with E-state index in [2.05, 4.69) is 158 Å². The van der Waals surface area contributed by atoms with Crippen molar-refractivity contribution in [3.05, 3.63) is 158 Å². The molecule has 0 aliphatic heterocycles. The van der Waals surface area contributed by atoms with Crippen molar-refractivity contribution in [3.8, 4) is 33.4 Å². The van der Waals surface area contributed by atoms with Crippen LogP contribution in [0.15, 0.2) is 158 Å². The van der Waals surface area contributed by atoms with Crippen molar-refractivity contribution < 1.29 is 0 Å². The van der Waals surface area contributed by atoms with E-state index in [1.807, 2.05) is 11.3 Å². The van der Waals surface area contributed by atoms with Crippen molar-refractivity contribution in [1.82, 2.24) is 0 Å². The number of hydrogen-bond acceptors (Lipinski definition) is 1. The molecule has 0 saturated carbocycles. The molecule has 0 spiro atoms. The average molecular weight is 563 g/mol. The fourth-order valence-corrected chi connectivity index (χ4v) is 8.10. The molecule has 0 atom stereocenters. The quantitative estimate of drug-likeness (QED) is 0.188. The lowest BCUT2D eigenvalue weighted by Crippen LogP contribution is -1.91. The molecular formula is C42H26S. The highest BCUT2D eigenvalue weighted by molar-refractivity contribution is 7.26. The Morgan fingerprint density at radius 2 is 0.860 bits per heavy atom. The summed E-state index contributed by atoms with van der Waals surface area (Å²) in [6, 6.07) is 57.9. The normalized spacial score (nSPS) is 11.7. The lowest BCUT2D eigenvalue weighted by Gasteiger charge is -2.18. The second-order valence-corrected chi connectivity index (χ2v) is 12.3. The van der Waals surface area contributed by atoms with Gasteiger partial charge >= 0.3 is 0 Å². The molecule has 0 aliphatic rings. The second kappa shape index (κ2) is 9.66. The van der Waals surface area contributed by atoms with Crippen LogP contribution in [0.1, 0.15) is 0 Å². The number of hydrogen-bond donors (Lipinski definition) is 0. The summed E-state index contributed by atoms with van der Waals surface area (Å²) in [5.74, 6) is 0. The minimum atomic E-state index is 1.23. The SMILES string of the molecule is c1ccc(-c2cccc(-c3c4ccccc4c(-c4ccc5c(c4)sc4ccc6ccccc6c45)c4ccccc34)c2)cc1. The number of rotatable bonds is 3. The van der Waals surface area contributed by atoms with Crippen LogP contribution in [-0.4, -0.2) is 0 Å². The Hall–Kier alpha value is -5.24. The number of benzene rings is 8. The third-order valence-corrected chi connectivity index (χ3v) is 9.96. The second-order valence-electron chi connectivity index (χ2n) is 11.3. The van der Waals surface area contributed by atoms with E-state index in [4.69, 9.17) is 0 Å². The standard InChI is InChI=1S/C42H26S/c1-2-11-27(12-3-1)29-14-10-15-30(25-29)40-33-17-6-8-19-35(33)41(36-20-9-7-18-34(36)40)31-21-23-37-39(26-31)43-38-24-22-28-13-4-5-16-32(28)42(37)38/h1-26H. The summed E-state index contributed by atoms with van der Waals surface area (Å²) >= 11 is 1.90. The van der Waals surface area contributed by atoms with Gasteiger partial charge in [-0.15, -0.1) is 11.3 Å². The minimum Gasteiger partial charge on any atom is -0.135 e. The summed E-state index contributed by atoms with van der Waals surface area (Å²) < 4.78 is 2.67. The van der Waals surface area contributed by atoms with Gasteiger partial charge in [0.15, 0.2) is 0 Å². The summed E-state index contributed by atoms with van der Waals surface area (Å²) in [4.78, 5) is 0. The van der Waals surface area contributed by atoms with Crippen LogP contribution in [0.25, 0.3) is 85.9 Å². The van der Waals surface area contributed by atoms with Crippen LogP contribution in [0.2, 0.25) is 0 Å². The minimum absolute atomic E-state index is 1.23. The van der Waals surface area contributed by atoms with Crippen molar-refractivity contribution in [1.29, 1.82) is 0 Å². The van der Waals surface area contributed by atoms with Crippen LogP contribution in [0.3, 0.4) is 0 Å². The van der Waals surface area contributed by atoms with E-state index in [-0.39, 0.29) is 0 Å². The fourth-order valence-electron chi connectivity index (χ4n) is 6.94. The highest BCUT2D eigenvalue weighted by Crippen LogP contribution is 2.46. The third kappa shape index (κ3) is 3.82. The van der Waals surface area contributed by atoms with Gasteiger partial charge in [-0.05, 0) is 83.9 Å². The first-order valence-corrected chi connectivity index (χ1v) is 15.6. The lowest BCUT2D eigenvalue weighted by molar-refractivity contribution is 1.61. The van der Waals surface area contributed by atoms with Crippen molar-refractivity contribution >= 4 is 63.8 Å². The highest BCUT2D eigenvalue weighted by Gasteiger charge is 2.18. The molecule has 1 heterocycles. The van der Waals surface area contributed by atoms with E-state index in [0.29, 0.717) is 0 Å². The van der Waals surface area contributed by atoms with E-state index in [1.54, 1.807) is 0 Å². The molecule has 8 aromatic carbocycles. The topological polar surface area (TPSA) is 0 Å². The Bertz CT molecular complexity index is 2440. The van der Waals surface area contributed by atoms with Crippen LogP contribution in [-0.2, 0) is 0 Å². The molecule has 0 radical (unpaired) electrons. The molecule has 1 aromatic heterocycles. The molecule has 0 N–H and O–H groups in total. The fraction of sp³-hybridized carbons (Fsp3) is 0. The maximum atomic E-state index is 2.42. The summed E-state index contributed by atoms with van der Waals surface area (Å²) in [5.41, 5.74) is 7.57. The molecule has 0 saturated heterocycles. The van der Waals surface area contributed by atoms with Crippen molar-refractivity contribution in [3.63, 3.8) is 0 Å². The van der Waals surface area contributed by atoms with E-state index < -0.39 is 0 Å². The summed E-state index contributed by atoms with van der Waals surface area (Å²) in [7, 11) is 0. The molecule has 9 aromatic rings. The van der Waals surface area contributed by atoms with Gasteiger partial charge in [-0.3, -0.25) is 0 Å². The monoisotopic (exact) mass is 562 g/mol. The molecular weight excluding hydrogens is 537 g/mol. The van der Waals surface area contributed by atoms with Gasteiger partial charge < -0.3 is 0 Å². The first-order valence-electron chi connectivity index (χ1n) is 14.8. The summed E-state index contributed by atoms with van der Waals surface area (Å²) in [5, 5.41) is 10.5.